The predicted molar refractivity (Wildman–Crippen MR) is 69.0 cm³/mol. The molecule has 0 unspecified atom stereocenters. The number of aryl methyl sites for hydroxylation is 1. The molecule has 6 heteroatoms. The molecule has 1 aromatic rings. The van der Waals surface area contributed by atoms with Gasteiger partial charge < -0.3 is 4.90 Å². The van der Waals surface area contributed by atoms with E-state index in [0.29, 0.717) is 24.8 Å². The van der Waals surface area contributed by atoms with Crippen molar-refractivity contribution in [3.63, 3.8) is 0 Å². The van der Waals surface area contributed by atoms with Crippen LogP contribution in [0.25, 0.3) is 0 Å². The van der Waals surface area contributed by atoms with Gasteiger partial charge in [-0.3, -0.25) is 4.79 Å². The van der Waals surface area contributed by atoms with Crippen molar-refractivity contribution in [1.29, 1.82) is 0 Å². The number of nitrogens with zero attached hydrogens (tertiary/aromatic N) is 5. The maximum Gasteiger partial charge on any atom is 0.222 e. The van der Waals surface area contributed by atoms with Gasteiger partial charge in [-0.15, -0.1) is 5.10 Å². The van der Waals surface area contributed by atoms with E-state index in [-0.39, 0.29) is 5.91 Å². The molecule has 102 valence electrons. The number of amides is 1. The van der Waals surface area contributed by atoms with Crippen LogP contribution in [0.4, 0.5) is 0 Å². The van der Waals surface area contributed by atoms with Crippen LogP contribution in [0.15, 0.2) is 18.5 Å². The van der Waals surface area contributed by atoms with E-state index in [2.05, 4.69) is 27.7 Å². The number of hydrogen-bond donors (Lipinski definition) is 0. The molecule has 1 aliphatic carbocycles. The number of hydrogen-bond acceptors (Lipinski definition) is 4. The lowest BCUT2D eigenvalue weighted by Crippen LogP contribution is -2.29. The Kier molecular flexibility index (Phi) is 3.57. The molecule has 0 aromatic carbocycles. The highest BCUT2D eigenvalue weighted by Crippen LogP contribution is 2.32. The molecule has 0 radical (unpaired) electrons. The lowest BCUT2D eigenvalue weighted by molar-refractivity contribution is -0.130. The van der Waals surface area contributed by atoms with Gasteiger partial charge in [-0.1, -0.05) is 12.2 Å². The van der Waals surface area contributed by atoms with E-state index in [1.54, 1.807) is 11.0 Å². The van der Waals surface area contributed by atoms with Gasteiger partial charge in [0.05, 0.1) is 0 Å². The largest absolute Gasteiger partial charge is 0.342 e. The fourth-order valence-corrected chi connectivity index (χ4v) is 3.05. The van der Waals surface area contributed by atoms with Crippen molar-refractivity contribution in [3.8, 4) is 0 Å². The van der Waals surface area contributed by atoms with Crippen molar-refractivity contribution in [2.45, 2.75) is 32.2 Å². The first-order chi connectivity index (χ1) is 9.33. The maximum absolute atomic E-state index is 12.2. The number of tetrazole rings is 1. The fourth-order valence-electron chi connectivity index (χ4n) is 3.05. The van der Waals surface area contributed by atoms with Crippen LogP contribution < -0.4 is 0 Å². The zero-order chi connectivity index (χ0) is 13.1. The summed E-state index contributed by atoms with van der Waals surface area (Å²) in [5, 5.41) is 10.9. The molecule has 2 heterocycles. The lowest BCUT2D eigenvalue weighted by atomic mass is 9.86. The van der Waals surface area contributed by atoms with Crippen molar-refractivity contribution >= 4 is 5.91 Å². The predicted octanol–water partition coefficient (Wildman–Crippen LogP) is 0.878. The summed E-state index contributed by atoms with van der Waals surface area (Å²) in [4.78, 5) is 14.2. The smallest absolute Gasteiger partial charge is 0.222 e. The molecule has 6 nitrogen and oxygen atoms in total. The molecule has 19 heavy (non-hydrogen) atoms. The fraction of sp³-hybridized carbons (Fsp3) is 0.692. The minimum absolute atomic E-state index is 0.280. The molecule has 0 bridgehead atoms. The molecule has 1 aliphatic heterocycles. The van der Waals surface area contributed by atoms with Crippen LogP contribution in [-0.4, -0.2) is 44.1 Å². The first-order valence-electron chi connectivity index (χ1n) is 6.96. The Bertz CT molecular complexity index is 440. The van der Waals surface area contributed by atoms with Gasteiger partial charge in [0.1, 0.15) is 6.33 Å². The molecule has 1 aromatic heterocycles. The molecular weight excluding hydrogens is 242 g/mol. The number of carbonyl (C=O) groups excluding carboxylic acids is 1. The van der Waals surface area contributed by atoms with Crippen LogP contribution in [0.3, 0.4) is 0 Å². The topological polar surface area (TPSA) is 63.9 Å². The highest BCUT2D eigenvalue weighted by molar-refractivity contribution is 5.76. The third kappa shape index (κ3) is 2.83. The van der Waals surface area contributed by atoms with E-state index < -0.39 is 0 Å². The molecule has 0 saturated carbocycles. The average molecular weight is 261 g/mol. The number of likely N-dealkylation sites (tertiary alicyclic amines) is 1. The van der Waals surface area contributed by atoms with Crippen LogP contribution in [0.2, 0.25) is 0 Å². The van der Waals surface area contributed by atoms with Crippen molar-refractivity contribution in [3.05, 3.63) is 18.5 Å². The van der Waals surface area contributed by atoms with E-state index in [0.717, 1.165) is 32.4 Å². The highest BCUT2D eigenvalue weighted by Gasteiger charge is 2.34. The van der Waals surface area contributed by atoms with Gasteiger partial charge in [-0.2, -0.15) is 0 Å². The van der Waals surface area contributed by atoms with E-state index in [1.165, 1.54) is 0 Å². The van der Waals surface area contributed by atoms with Crippen molar-refractivity contribution in [2.75, 3.05) is 13.1 Å². The summed E-state index contributed by atoms with van der Waals surface area (Å²) in [7, 11) is 0. The second-order valence-corrected chi connectivity index (χ2v) is 5.44. The zero-order valence-corrected chi connectivity index (χ0v) is 11.0. The first-order valence-corrected chi connectivity index (χ1v) is 6.96. The van der Waals surface area contributed by atoms with E-state index in [9.17, 15) is 4.79 Å². The molecule has 1 saturated heterocycles. The quantitative estimate of drug-likeness (QED) is 0.755. The van der Waals surface area contributed by atoms with E-state index in [1.807, 2.05) is 4.90 Å². The molecule has 2 atom stereocenters. The Morgan fingerprint density at radius 1 is 1.21 bits per heavy atom. The third-order valence-corrected chi connectivity index (χ3v) is 4.14. The summed E-state index contributed by atoms with van der Waals surface area (Å²) in [6.45, 7) is 2.60. The second-order valence-electron chi connectivity index (χ2n) is 5.44. The summed E-state index contributed by atoms with van der Waals surface area (Å²) in [5.41, 5.74) is 0. The van der Waals surface area contributed by atoms with Gasteiger partial charge >= 0.3 is 0 Å². The summed E-state index contributed by atoms with van der Waals surface area (Å²) in [6, 6.07) is 0. The standard InChI is InChI=1S/C13H19N5O/c19-13(6-3-7-18-10-14-15-16-18)17-8-11-4-1-2-5-12(11)9-17/h1-2,10-12H,3-9H2/t11-,12+. The number of rotatable bonds is 4. The Morgan fingerprint density at radius 2 is 1.95 bits per heavy atom. The Hall–Kier alpha value is -1.72. The molecule has 1 fully saturated rings. The molecular formula is C13H19N5O. The van der Waals surface area contributed by atoms with Gasteiger partial charge in [0, 0.05) is 26.1 Å². The van der Waals surface area contributed by atoms with Crippen molar-refractivity contribution in [1.82, 2.24) is 25.1 Å². The van der Waals surface area contributed by atoms with Crippen molar-refractivity contribution < 1.29 is 4.79 Å². The third-order valence-electron chi connectivity index (χ3n) is 4.14. The minimum atomic E-state index is 0.280. The number of fused-ring (bicyclic) bond motifs is 1. The number of allylic oxidation sites excluding steroid dienone is 2. The maximum atomic E-state index is 12.2. The number of aromatic nitrogens is 4. The second kappa shape index (κ2) is 5.50. The van der Waals surface area contributed by atoms with Gasteiger partial charge in [0.15, 0.2) is 0 Å². The summed E-state index contributed by atoms with van der Waals surface area (Å²) < 4.78 is 1.67. The van der Waals surface area contributed by atoms with Crippen LogP contribution in [0.5, 0.6) is 0 Å². The van der Waals surface area contributed by atoms with Crippen LogP contribution in [0, 0.1) is 11.8 Å². The Balaban J connectivity index is 1.44. The van der Waals surface area contributed by atoms with Gasteiger partial charge in [-0.25, -0.2) is 4.68 Å². The Labute approximate surface area is 112 Å². The molecule has 1 amide bonds. The molecule has 0 N–H and O–H groups in total. The normalized spacial score (nSPS) is 25.6. The van der Waals surface area contributed by atoms with Gasteiger partial charge in [0.25, 0.3) is 0 Å². The molecule has 2 aliphatic rings. The monoisotopic (exact) mass is 261 g/mol. The van der Waals surface area contributed by atoms with Crippen LogP contribution >= 0.6 is 0 Å². The Morgan fingerprint density at radius 3 is 2.58 bits per heavy atom. The van der Waals surface area contributed by atoms with Gasteiger partial charge in [-0.05, 0) is 41.5 Å². The summed E-state index contributed by atoms with van der Waals surface area (Å²) in [5.74, 6) is 1.66. The first kappa shape index (κ1) is 12.3. The average Bonchev–Trinajstić information content (AvgIpc) is 3.07. The lowest BCUT2D eigenvalue weighted by Gasteiger charge is -2.17. The summed E-state index contributed by atoms with van der Waals surface area (Å²) in [6.07, 6.45) is 9.76. The van der Waals surface area contributed by atoms with Gasteiger partial charge in [0.2, 0.25) is 5.91 Å². The van der Waals surface area contributed by atoms with Crippen molar-refractivity contribution in [2.24, 2.45) is 11.8 Å². The zero-order valence-electron chi connectivity index (χ0n) is 11.0. The summed E-state index contributed by atoms with van der Waals surface area (Å²) >= 11 is 0. The van der Waals surface area contributed by atoms with Crippen LogP contribution in [-0.2, 0) is 11.3 Å². The van der Waals surface area contributed by atoms with Crippen LogP contribution in [0.1, 0.15) is 25.7 Å². The SMILES string of the molecule is O=C(CCCn1cnnn1)N1C[C@H]2CC=CC[C@H]2C1. The highest BCUT2D eigenvalue weighted by atomic mass is 16.2. The van der Waals surface area contributed by atoms with E-state index >= 15 is 0 Å². The van der Waals surface area contributed by atoms with E-state index in [4.69, 9.17) is 0 Å². The minimum Gasteiger partial charge on any atom is -0.342 e. The molecule has 0 spiro atoms. The number of carbonyl (C=O) groups is 1. The molecule has 3 rings (SSSR count).